The third-order valence-electron chi connectivity index (χ3n) is 5.36. The van der Waals surface area contributed by atoms with Crippen LogP contribution in [-0.2, 0) is 11.3 Å². The number of nitrogens with zero attached hydrogens (tertiary/aromatic N) is 4. The average molecular weight is 433 g/mol. The van der Waals surface area contributed by atoms with Gasteiger partial charge in [-0.15, -0.1) is 0 Å². The number of hydrogen-bond acceptors (Lipinski definition) is 6. The number of ether oxygens (including phenoxy) is 1. The van der Waals surface area contributed by atoms with E-state index in [4.69, 9.17) is 4.74 Å². The largest absolute Gasteiger partial charge is 0.490 e. The van der Waals surface area contributed by atoms with Crippen LogP contribution in [0.25, 0.3) is 21.5 Å². The normalized spacial score (nSPS) is 13.2. The SMILES string of the molecule is Cc1ccc(-c2nsc3c(=O)n(CC(=O)N4CCOc5ccc(C)cc54)cnc23)cc1. The van der Waals surface area contributed by atoms with E-state index < -0.39 is 0 Å². The van der Waals surface area contributed by atoms with Gasteiger partial charge in [-0.2, -0.15) is 4.37 Å². The highest BCUT2D eigenvalue weighted by molar-refractivity contribution is 7.13. The first-order valence-electron chi connectivity index (χ1n) is 9.97. The van der Waals surface area contributed by atoms with E-state index in [0.29, 0.717) is 34.8 Å². The van der Waals surface area contributed by atoms with Crippen LogP contribution in [0.2, 0.25) is 0 Å². The minimum absolute atomic E-state index is 0.0904. The molecule has 2 aromatic heterocycles. The number of aryl methyl sites for hydroxylation is 2. The van der Waals surface area contributed by atoms with Crippen LogP contribution in [0.15, 0.2) is 53.6 Å². The predicted molar refractivity (Wildman–Crippen MR) is 121 cm³/mol. The Morgan fingerprint density at radius 3 is 2.71 bits per heavy atom. The summed E-state index contributed by atoms with van der Waals surface area (Å²) in [6.07, 6.45) is 1.44. The molecule has 0 fully saturated rings. The molecule has 1 aliphatic rings. The van der Waals surface area contributed by atoms with Gasteiger partial charge in [-0.05, 0) is 43.1 Å². The second-order valence-electron chi connectivity index (χ2n) is 7.62. The number of carbonyl (C=O) groups excluding carboxylic acids is 1. The molecule has 0 aliphatic carbocycles. The van der Waals surface area contributed by atoms with E-state index in [2.05, 4.69) is 9.36 Å². The highest BCUT2D eigenvalue weighted by atomic mass is 32.1. The number of fused-ring (bicyclic) bond motifs is 2. The lowest BCUT2D eigenvalue weighted by molar-refractivity contribution is -0.119. The van der Waals surface area contributed by atoms with E-state index in [1.54, 1.807) is 4.90 Å². The number of amides is 1. The van der Waals surface area contributed by atoms with E-state index in [1.165, 1.54) is 10.9 Å². The fourth-order valence-corrected chi connectivity index (χ4v) is 4.49. The van der Waals surface area contributed by atoms with Gasteiger partial charge in [0.1, 0.15) is 34.8 Å². The average Bonchev–Trinajstić information content (AvgIpc) is 3.20. The minimum Gasteiger partial charge on any atom is -0.490 e. The van der Waals surface area contributed by atoms with Crippen LogP contribution in [0.5, 0.6) is 5.75 Å². The lowest BCUT2D eigenvalue weighted by Gasteiger charge is -2.30. The molecule has 8 heteroatoms. The Kier molecular flexibility index (Phi) is 4.78. The van der Waals surface area contributed by atoms with Crippen molar-refractivity contribution >= 4 is 33.3 Å². The number of hydrogen-bond donors (Lipinski definition) is 0. The molecule has 31 heavy (non-hydrogen) atoms. The van der Waals surface area contributed by atoms with Gasteiger partial charge in [-0.3, -0.25) is 14.2 Å². The quantitative estimate of drug-likeness (QED) is 0.495. The molecular weight excluding hydrogens is 412 g/mol. The van der Waals surface area contributed by atoms with Crippen molar-refractivity contribution < 1.29 is 9.53 Å². The van der Waals surface area contributed by atoms with Crippen LogP contribution in [0.1, 0.15) is 11.1 Å². The van der Waals surface area contributed by atoms with Crippen LogP contribution >= 0.6 is 11.5 Å². The summed E-state index contributed by atoms with van der Waals surface area (Å²) < 4.78 is 11.9. The van der Waals surface area contributed by atoms with Gasteiger partial charge >= 0.3 is 0 Å². The fourth-order valence-electron chi connectivity index (χ4n) is 3.69. The number of anilines is 1. The lowest BCUT2D eigenvalue weighted by Crippen LogP contribution is -2.41. The molecule has 156 valence electrons. The molecule has 0 saturated heterocycles. The van der Waals surface area contributed by atoms with Crippen LogP contribution in [0.4, 0.5) is 5.69 Å². The zero-order valence-corrected chi connectivity index (χ0v) is 18.0. The van der Waals surface area contributed by atoms with Crippen molar-refractivity contribution in [3.8, 4) is 17.0 Å². The van der Waals surface area contributed by atoms with Crippen molar-refractivity contribution in [2.75, 3.05) is 18.1 Å². The molecule has 0 unspecified atom stereocenters. The predicted octanol–water partition coefficient (Wildman–Crippen LogP) is 3.56. The summed E-state index contributed by atoms with van der Waals surface area (Å²) in [4.78, 5) is 32.2. The second-order valence-corrected chi connectivity index (χ2v) is 8.39. The van der Waals surface area contributed by atoms with Gasteiger partial charge in [-0.25, -0.2) is 4.98 Å². The van der Waals surface area contributed by atoms with Crippen LogP contribution in [0.3, 0.4) is 0 Å². The van der Waals surface area contributed by atoms with Crippen LogP contribution < -0.4 is 15.2 Å². The molecule has 1 amide bonds. The van der Waals surface area contributed by atoms with Gasteiger partial charge in [0.25, 0.3) is 5.56 Å². The number of carbonyl (C=O) groups is 1. The zero-order valence-electron chi connectivity index (χ0n) is 17.2. The third-order valence-corrected chi connectivity index (χ3v) is 6.18. The highest BCUT2D eigenvalue weighted by Gasteiger charge is 2.25. The molecule has 2 aromatic carbocycles. The molecule has 3 heterocycles. The van der Waals surface area contributed by atoms with Crippen molar-refractivity contribution in [1.29, 1.82) is 0 Å². The van der Waals surface area contributed by atoms with Gasteiger partial charge in [0.05, 0.1) is 18.6 Å². The minimum atomic E-state index is -0.257. The zero-order chi connectivity index (χ0) is 21.5. The molecule has 0 atom stereocenters. The first-order valence-corrected chi connectivity index (χ1v) is 10.7. The molecule has 0 bridgehead atoms. The Labute approximate surface area is 182 Å². The Hall–Kier alpha value is -3.52. The summed E-state index contributed by atoms with van der Waals surface area (Å²) in [6.45, 7) is 4.76. The smallest absolute Gasteiger partial charge is 0.273 e. The standard InChI is InChI=1S/C23H20N4O3S/c1-14-3-6-16(7-4-14)20-21-22(31-25-20)23(29)26(13-24-21)12-19(28)27-9-10-30-18-8-5-15(2)11-17(18)27/h3-8,11,13H,9-10,12H2,1-2H3. The van der Waals surface area contributed by atoms with E-state index >= 15 is 0 Å². The monoisotopic (exact) mass is 432 g/mol. The maximum absolute atomic E-state index is 13.1. The lowest BCUT2D eigenvalue weighted by atomic mass is 10.1. The van der Waals surface area contributed by atoms with Gasteiger partial charge in [0.15, 0.2) is 0 Å². The Balaban J connectivity index is 1.46. The van der Waals surface area contributed by atoms with Crippen LogP contribution in [0, 0.1) is 13.8 Å². The summed E-state index contributed by atoms with van der Waals surface area (Å²) in [5, 5.41) is 0. The highest BCUT2D eigenvalue weighted by Crippen LogP contribution is 2.32. The van der Waals surface area contributed by atoms with E-state index in [-0.39, 0.29) is 18.0 Å². The Morgan fingerprint density at radius 1 is 1.13 bits per heavy atom. The van der Waals surface area contributed by atoms with Crippen molar-refractivity contribution in [3.63, 3.8) is 0 Å². The topological polar surface area (TPSA) is 77.3 Å². The molecule has 7 nitrogen and oxygen atoms in total. The van der Waals surface area contributed by atoms with Crippen LogP contribution in [-0.4, -0.2) is 33.0 Å². The summed E-state index contributed by atoms with van der Waals surface area (Å²) in [7, 11) is 0. The summed E-state index contributed by atoms with van der Waals surface area (Å²) in [5.41, 5.74) is 4.83. The third kappa shape index (κ3) is 3.48. The summed E-state index contributed by atoms with van der Waals surface area (Å²) in [5.74, 6) is 0.498. The Morgan fingerprint density at radius 2 is 1.90 bits per heavy atom. The fraction of sp³-hybridized carbons (Fsp3) is 0.217. The van der Waals surface area contributed by atoms with Crippen molar-refractivity contribution in [2.24, 2.45) is 0 Å². The van der Waals surface area contributed by atoms with Gasteiger partial charge in [0, 0.05) is 5.56 Å². The van der Waals surface area contributed by atoms with Gasteiger partial charge in [-0.1, -0.05) is 35.9 Å². The summed E-state index contributed by atoms with van der Waals surface area (Å²) >= 11 is 1.12. The molecule has 0 saturated carbocycles. The number of aromatic nitrogens is 3. The summed E-state index contributed by atoms with van der Waals surface area (Å²) in [6, 6.07) is 13.7. The first kappa shape index (κ1) is 19.4. The Bertz CT molecular complexity index is 1360. The molecule has 0 spiro atoms. The van der Waals surface area contributed by atoms with Crippen molar-refractivity contribution in [1.82, 2.24) is 13.9 Å². The molecule has 4 aromatic rings. The van der Waals surface area contributed by atoms with Gasteiger partial charge < -0.3 is 9.64 Å². The number of rotatable bonds is 3. The molecule has 1 aliphatic heterocycles. The molecule has 0 N–H and O–H groups in total. The molecule has 5 rings (SSSR count). The van der Waals surface area contributed by atoms with E-state index in [0.717, 1.165) is 33.9 Å². The first-order chi connectivity index (χ1) is 15.0. The molecular formula is C23H20N4O3S. The number of benzene rings is 2. The maximum atomic E-state index is 13.1. The van der Waals surface area contributed by atoms with Crippen molar-refractivity contribution in [2.45, 2.75) is 20.4 Å². The van der Waals surface area contributed by atoms with E-state index in [9.17, 15) is 9.59 Å². The molecule has 0 radical (unpaired) electrons. The second kappa shape index (κ2) is 7.63. The van der Waals surface area contributed by atoms with Gasteiger partial charge in [0.2, 0.25) is 5.91 Å². The maximum Gasteiger partial charge on any atom is 0.273 e. The van der Waals surface area contributed by atoms with E-state index in [1.807, 2.05) is 56.3 Å². The van der Waals surface area contributed by atoms with Crippen molar-refractivity contribution in [3.05, 3.63) is 70.3 Å².